The van der Waals surface area contributed by atoms with Crippen LogP contribution in [0.3, 0.4) is 0 Å². The maximum atomic E-state index is 13.0. The van der Waals surface area contributed by atoms with E-state index in [-0.39, 0.29) is 0 Å². The summed E-state index contributed by atoms with van der Waals surface area (Å²) in [4.78, 5) is 50.7. The first kappa shape index (κ1) is 86.0. The Kier molecular flexibility index (Phi) is 30.5. The average molecular weight is 1540 g/mol. The van der Waals surface area contributed by atoms with Crippen LogP contribution in [-0.4, -0.2) is 430 Å². The minimum Gasteiger partial charge on any atom is -0.394 e. The third kappa shape index (κ3) is 19.7. The van der Waals surface area contributed by atoms with Crippen molar-refractivity contribution in [3.05, 3.63) is 0 Å². The zero-order valence-electron chi connectivity index (χ0n) is 55.8. The smallest absolute Gasteiger partial charge is 0.394 e. The van der Waals surface area contributed by atoms with Gasteiger partial charge in [0.05, 0.1) is 52.4 Å². The molecule has 0 aromatic heterocycles. The Labute approximate surface area is 589 Å². The lowest BCUT2D eigenvalue weighted by atomic mass is 9.93. The number of rotatable bonds is 27. The second kappa shape index (κ2) is 36.9. The average Bonchev–Trinajstić information content (AvgIpc) is 0.769. The van der Waals surface area contributed by atoms with Gasteiger partial charge in [0.2, 0.25) is 23.6 Å². The number of amides is 4. The van der Waals surface area contributed by atoms with Crippen LogP contribution in [0.4, 0.5) is 0 Å². The van der Waals surface area contributed by atoms with Gasteiger partial charge in [-0.1, -0.05) is 0 Å². The fourth-order valence-electron chi connectivity index (χ4n) is 13.1. The Morgan fingerprint density at radius 2 is 0.654 bits per heavy atom. The van der Waals surface area contributed by atoms with Crippen LogP contribution in [0.15, 0.2) is 0 Å². The van der Waals surface area contributed by atoms with Crippen LogP contribution in [0.2, 0.25) is 0 Å². The molecule has 8 aliphatic rings. The van der Waals surface area contributed by atoms with Crippen molar-refractivity contribution in [3.63, 3.8) is 0 Å². The Balaban J connectivity index is 1.10. The van der Waals surface area contributed by atoms with Gasteiger partial charge in [-0.2, -0.15) is 8.42 Å². The fourth-order valence-corrected chi connectivity index (χ4v) is 13.6. The van der Waals surface area contributed by atoms with Crippen LogP contribution < -0.4 is 21.3 Å². The normalized spacial score (nSPS) is 47.4. The predicted molar refractivity (Wildman–Crippen MR) is 320 cm³/mol. The van der Waals surface area contributed by atoms with Crippen LogP contribution in [0, 0.1) is 0 Å². The van der Waals surface area contributed by atoms with E-state index in [1.54, 1.807) is 0 Å². The first-order valence-corrected chi connectivity index (χ1v) is 34.0. The molecule has 0 aromatic carbocycles. The summed E-state index contributed by atoms with van der Waals surface area (Å²) in [5.74, 6) is -3.67. The zero-order valence-corrected chi connectivity index (χ0v) is 56.6. The number of hydrogen-bond acceptors (Lipinski definition) is 42. The van der Waals surface area contributed by atoms with Crippen molar-refractivity contribution in [2.24, 2.45) is 0 Å². The number of carbonyl (C=O) groups excluding carboxylic acids is 4. The number of aliphatic hydroxyl groups excluding tert-OH is 20. The molecule has 0 aromatic rings. The van der Waals surface area contributed by atoms with Gasteiger partial charge >= 0.3 is 10.4 Å². The van der Waals surface area contributed by atoms with Gasteiger partial charge in [0, 0.05) is 27.7 Å². The molecule has 4 amide bonds. The van der Waals surface area contributed by atoms with Gasteiger partial charge in [-0.3, -0.25) is 23.7 Å². The molecule has 8 fully saturated rings. The van der Waals surface area contributed by atoms with Crippen LogP contribution in [0.1, 0.15) is 34.6 Å². The van der Waals surface area contributed by atoms with Crippen molar-refractivity contribution in [2.75, 3.05) is 46.2 Å². The second-order valence-corrected chi connectivity index (χ2v) is 26.9. The number of nitrogens with one attached hydrogen (secondary N) is 4. The van der Waals surface area contributed by atoms with E-state index in [2.05, 4.69) is 25.5 Å². The van der Waals surface area contributed by atoms with Gasteiger partial charge in [-0.05, 0) is 6.92 Å². The maximum Gasteiger partial charge on any atom is 0.397 e. The highest BCUT2D eigenvalue weighted by Gasteiger charge is 2.60. The molecule has 48 heteroatoms. The third-order valence-corrected chi connectivity index (χ3v) is 18.9. The summed E-state index contributed by atoms with van der Waals surface area (Å²) in [7, 11) is -5.40. The largest absolute Gasteiger partial charge is 0.397 e. The first-order valence-electron chi connectivity index (χ1n) is 32.6. The van der Waals surface area contributed by atoms with Crippen LogP contribution in [0.5, 0.6) is 0 Å². The van der Waals surface area contributed by atoms with E-state index in [0.29, 0.717) is 0 Å². The van der Waals surface area contributed by atoms with Crippen LogP contribution in [0.25, 0.3) is 0 Å². The molecule has 602 valence electrons. The van der Waals surface area contributed by atoms with Crippen molar-refractivity contribution < 1.29 is 210 Å². The summed E-state index contributed by atoms with van der Waals surface area (Å²) in [5, 5.41) is 231. The molecule has 0 radical (unpaired) electrons. The standard InChI is InChI=1S/C56H94N4O43S/c1-13-29(70)37(78)40(81)53(90-13)89-12-24-45(33(74)25(49(84)91-24)57-14(2)66)99-50-26(58-15(3)67)35(76)44(21(9-64)94-50)100-55-42(83)47(32(73)23(97-55)11-88-54-41(82)38(79)30(71)18(6-61)92-54)101-56-48(39(80)31(72)19(7-62)93-56)102-52-27(59-16(4)68)34(75)43(20(8-63)95-52)98-51-28(60-17(5)69)36(77)46(22(10-65)96-51)103-104(85,86)87/h13,18-56,61-65,70-84H,6-12H2,1-5H3,(H,57,66)(H,58,67)(H,59,68)(H,60,69)(H,85,86,87)/t13-,18+,19+,20+,21+,22+,23+,24+,25+,26+,27+,28+,29+,30+,31+,32+,33+,34+,35+,36+,37+,38-,39-,40-,41-,42-,43+,44+,45+,46-,47-,48-,49+,50-,51-,52-,53+,54-,55-,56+/m0/s1. The fraction of sp³-hybridized carbons (Fsp3) is 0.929. The Morgan fingerprint density at radius 3 is 1.11 bits per heavy atom. The summed E-state index contributed by atoms with van der Waals surface area (Å²) in [5.41, 5.74) is 0. The molecule has 47 nitrogen and oxygen atoms in total. The summed E-state index contributed by atoms with van der Waals surface area (Å²) >= 11 is 0. The second-order valence-electron chi connectivity index (χ2n) is 25.9. The van der Waals surface area contributed by atoms with E-state index in [0.717, 1.165) is 27.7 Å². The highest BCUT2D eigenvalue weighted by atomic mass is 32.3. The van der Waals surface area contributed by atoms with Gasteiger partial charge in [0.25, 0.3) is 0 Å². The molecule has 0 bridgehead atoms. The van der Waals surface area contributed by atoms with E-state index >= 15 is 0 Å². The highest BCUT2D eigenvalue weighted by molar-refractivity contribution is 7.80. The van der Waals surface area contributed by atoms with Gasteiger partial charge in [0.15, 0.2) is 50.3 Å². The molecule has 25 N–H and O–H groups in total. The third-order valence-electron chi connectivity index (χ3n) is 18.4. The molecule has 8 rings (SSSR count). The van der Waals surface area contributed by atoms with Crippen molar-refractivity contribution >= 4 is 34.0 Å². The van der Waals surface area contributed by atoms with Gasteiger partial charge < -0.3 is 194 Å². The van der Waals surface area contributed by atoms with Crippen molar-refractivity contribution in [2.45, 2.75) is 280 Å². The molecular weight excluding hydrogens is 1450 g/mol. The van der Waals surface area contributed by atoms with Crippen molar-refractivity contribution in [3.8, 4) is 0 Å². The van der Waals surface area contributed by atoms with E-state index in [1.807, 2.05) is 0 Å². The topological polar surface area (TPSA) is 723 Å². The minimum absolute atomic E-state index is 0.813. The molecule has 40 atom stereocenters. The summed E-state index contributed by atoms with van der Waals surface area (Å²) in [6, 6.07) is -7.55. The predicted octanol–water partition coefficient (Wildman–Crippen LogP) is -17.0. The number of ether oxygens (including phenoxy) is 15. The molecule has 0 unspecified atom stereocenters. The lowest BCUT2D eigenvalue weighted by Crippen LogP contribution is -2.71. The van der Waals surface area contributed by atoms with E-state index < -0.39 is 326 Å². The van der Waals surface area contributed by atoms with Gasteiger partial charge in [-0.15, -0.1) is 0 Å². The highest BCUT2D eigenvalue weighted by Crippen LogP contribution is 2.39. The number of aliphatic hydroxyl groups is 20. The zero-order chi connectivity index (χ0) is 77.0. The Bertz CT molecular complexity index is 2890. The molecule has 8 saturated heterocycles. The Morgan fingerprint density at radius 1 is 0.317 bits per heavy atom. The molecule has 8 heterocycles. The number of hydrogen-bond donors (Lipinski definition) is 25. The molecule has 0 saturated carbocycles. The first-order chi connectivity index (χ1) is 48.9. The quantitative estimate of drug-likeness (QED) is 0.0340. The summed E-state index contributed by atoms with van der Waals surface area (Å²) in [6.07, 6.45) is -73.3. The Hall–Kier alpha value is -3.65. The van der Waals surface area contributed by atoms with Gasteiger partial charge in [0.1, 0.15) is 189 Å². The lowest BCUT2D eigenvalue weighted by Gasteiger charge is -2.51. The maximum absolute atomic E-state index is 13.0. The number of carbonyl (C=O) groups is 4. The molecular formula is C56H94N4O43S. The van der Waals surface area contributed by atoms with Crippen LogP contribution in [-0.2, 0) is 105 Å². The summed E-state index contributed by atoms with van der Waals surface area (Å²) in [6.45, 7) is -2.42. The van der Waals surface area contributed by atoms with E-state index in [1.165, 1.54) is 6.92 Å². The lowest BCUT2D eigenvalue weighted by molar-refractivity contribution is -0.396. The summed E-state index contributed by atoms with van der Waals surface area (Å²) < 4.78 is 126. The van der Waals surface area contributed by atoms with Crippen molar-refractivity contribution in [1.29, 1.82) is 0 Å². The SMILES string of the molecule is CC(=O)N[C@@H]1[C@@H](O)[C@H](O[C@@H]2O[C@H](CO)[C@@H](O[C@@H]3O[C@H](CO[C@H]4O[C@H](CO)[C@@H](O)[C@H](O)[C@@H]4O)[C@@H](O)[C@H](O[C@H]4O[C@H](CO)[C@@H](O)[C@H](O)[C@@H]4O[C@@H]4O[C@H](CO)[C@@H](O[C@@H]5O[C@H](CO)[C@H](OS(=O)(=O)O)[C@H](O)[C@H]5NC(C)=O)[C@H](O)[C@H]4NC(C)=O)[C@@H]3O)[C@H](O)[C@H]2NC(C)=O)[C@@H](CO[C@@H]2O[C@@H](C)[C@@H](O)[C@@H](O)[C@@H]2O)O[C@H]1O. The van der Waals surface area contributed by atoms with Crippen molar-refractivity contribution in [1.82, 2.24) is 21.3 Å². The monoisotopic (exact) mass is 1540 g/mol. The van der Waals surface area contributed by atoms with E-state index in [9.17, 15) is 134 Å². The van der Waals surface area contributed by atoms with Crippen LogP contribution >= 0.6 is 0 Å². The van der Waals surface area contributed by atoms with Gasteiger partial charge in [-0.25, -0.2) is 4.18 Å². The molecule has 8 aliphatic heterocycles. The molecule has 0 aliphatic carbocycles. The minimum atomic E-state index is -5.40. The molecule has 104 heavy (non-hydrogen) atoms. The van der Waals surface area contributed by atoms with E-state index in [4.69, 9.17) is 71.1 Å². The molecule has 0 spiro atoms.